The van der Waals surface area contributed by atoms with Gasteiger partial charge in [-0.15, -0.1) is 0 Å². The van der Waals surface area contributed by atoms with E-state index in [0.717, 1.165) is 36.3 Å². The molecule has 10 nitrogen and oxygen atoms in total. The van der Waals surface area contributed by atoms with Gasteiger partial charge in [-0.3, -0.25) is 14.6 Å². The van der Waals surface area contributed by atoms with Gasteiger partial charge in [-0.2, -0.15) is 0 Å². The zero-order valence-corrected chi connectivity index (χ0v) is 20.6. The molecule has 2 saturated heterocycles. The zero-order valence-electron chi connectivity index (χ0n) is 20.6. The number of aromatic nitrogens is 2. The molecule has 2 aliphatic rings. The van der Waals surface area contributed by atoms with Gasteiger partial charge in [0, 0.05) is 56.5 Å². The summed E-state index contributed by atoms with van der Waals surface area (Å²) >= 11 is 0. The number of hydrogen-bond donors (Lipinski definition) is 3. The molecule has 0 spiro atoms. The Morgan fingerprint density at radius 1 is 1.14 bits per heavy atom. The van der Waals surface area contributed by atoms with Gasteiger partial charge < -0.3 is 31.5 Å². The summed E-state index contributed by atoms with van der Waals surface area (Å²) in [6.45, 7) is 5.45. The van der Waals surface area contributed by atoms with Crippen molar-refractivity contribution in [3.63, 3.8) is 0 Å². The van der Waals surface area contributed by atoms with Gasteiger partial charge in [0.05, 0.1) is 35.3 Å². The normalized spacial score (nSPS) is 20.6. The predicted molar refractivity (Wildman–Crippen MR) is 142 cm³/mol. The van der Waals surface area contributed by atoms with Crippen LogP contribution in [0, 0.1) is 5.92 Å². The average Bonchev–Trinajstić information content (AvgIpc) is 2.84. The lowest BCUT2D eigenvalue weighted by Gasteiger charge is -2.37. The summed E-state index contributed by atoms with van der Waals surface area (Å²) in [5.41, 5.74) is 15.9. The number of likely N-dealkylation sites (N-methyl/N-ethyl adjacent to an activating group) is 1. The average molecular weight is 489 g/mol. The van der Waals surface area contributed by atoms with Crippen molar-refractivity contribution in [1.82, 2.24) is 14.9 Å². The highest BCUT2D eigenvalue weighted by atomic mass is 16.2. The molecule has 36 heavy (non-hydrogen) atoms. The molecule has 0 bridgehead atoms. The van der Waals surface area contributed by atoms with Gasteiger partial charge in [-0.25, -0.2) is 4.98 Å². The molecule has 0 aliphatic carbocycles. The van der Waals surface area contributed by atoms with Gasteiger partial charge in [0.15, 0.2) is 5.69 Å². The summed E-state index contributed by atoms with van der Waals surface area (Å²) in [6, 6.07) is 9.49. The number of anilines is 4. The lowest BCUT2D eigenvalue weighted by atomic mass is 9.96. The Morgan fingerprint density at radius 2 is 1.97 bits per heavy atom. The maximum atomic E-state index is 13.3. The number of nitrogen functional groups attached to an aromatic ring is 1. The fourth-order valence-corrected chi connectivity index (χ4v) is 5.07. The van der Waals surface area contributed by atoms with Gasteiger partial charge >= 0.3 is 0 Å². The zero-order chi connectivity index (χ0) is 25.4. The molecular weight excluding hydrogens is 456 g/mol. The fourth-order valence-electron chi connectivity index (χ4n) is 5.07. The Kier molecular flexibility index (Phi) is 6.36. The van der Waals surface area contributed by atoms with E-state index in [9.17, 15) is 9.59 Å². The highest BCUT2D eigenvalue weighted by molar-refractivity contribution is 6.09. The number of nitrogens with zero attached hydrogens (tertiary/aromatic N) is 5. The topological polar surface area (TPSA) is 134 Å². The fraction of sp³-hybridized carbons (Fsp3) is 0.385. The molecule has 2 amide bonds. The minimum absolute atomic E-state index is 0.0722. The maximum Gasteiger partial charge on any atom is 0.276 e. The lowest BCUT2D eigenvalue weighted by Crippen LogP contribution is -2.48. The van der Waals surface area contributed by atoms with E-state index < -0.39 is 5.91 Å². The van der Waals surface area contributed by atoms with Crippen LogP contribution in [0.2, 0.25) is 0 Å². The molecule has 0 radical (unpaired) electrons. The van der Waals surface area contributed by atoms with Gasteiger partial charge in [0.25, 0.3) is 5.91 Å². The first-order valence-corrected chi connectivity index (χ1v) is 12.2. The summed E-state index contributed by atoms with van der Waals surface area (Å²) in [5.74, 6) is 0.120. The van der Waals surface area contributed by atoms with Crippen molar-refractivity contribution in [2.75, 3.05) is 60.6 Å². The molecule has 3 aromatic rings. The second-order valence-electron chi connectivity index (χ2n) is 9.89. The van der Waals surface area contributed by atoms with Gasteiger partial charge in [0.1, 0.15) is 0 Å². The Labute approximate surface area is 210 Å². The van der Waals surface area contributed by atoms with E-state index in [1.54, 1.807) is 23.4 Å². The van der Waals surface area contributed by atoms with Crippen LogP contribution in [-0.2, 0) is 4.79 Å². The van der Waals surface area contributed by atoms with Crippen LogP contribution in [0.15, 0.2) is 42.7 Å². The molecule has 5 rings (SSSR count). The Morgan fingerprint density at radius 3 is 2.75 bits per heavy atom. The number of nitrogens with one attached hydrogen (secondary N) is 1. The van der Waals surface area contributed by atoms with Crippen LogP contribution >= 0.6 is 0 Å². The minimum atomic E-state index is -0.404. The first-order valence-electron chi connectivity index (χ1n) is 12.2. The number of piperidine rings is 1. The van der Waals surface area contributed by atoms with Crippen molar-refractivity contribution >= 4 is 45.5 Å². The summed E-state index contributed by atoms with van der Waals surface area (Å²) < 4.78 is 0. The molecule has 2 atom stereocenters. The highest BCUT2D eigenvalue weighted by Crippen LogP contribution is 2.30. The number of amides is 2. The summed E-state index contributed by atoms with van der Waals surface area (Å²) in [6.07, 6.45) is 4.33. The molecule has 1 aromatic carbocycles. The Hall–Kier alpha value is -3.92. The number of nitrogens with two attached hydrogens (primary N) is 2. The SMILES string of the molecule is C[C@@H]1C[C@H](N)CN(c2ccncc2NC(=O)c2nc3cc(N4CCN(C)C(=O)C4)ccc3cc2N)C1. The van der Waals surface area contributed by atoms with E-state index in [4.69, 9.17) is 11.5 Å². The highest BCUT2D eigenvalue weighted by Gasteiger charge is 2.25. The first-order chi connectivity index (χ1) is 17.3. The van der Waals surface area contributed by atoms with Crippen LogP contribution in [-0.4, -0.2) is 72.5 Å². The van der Waals surface area contributed by atoms with Gasteiger partial charge in [0.2, 0.25) is 5.91 Å². The molecule has 0 saturated carbocycles. The van der Waals surface area contributed by atoms with Crippen LogP contribution in [0.5, 0.6) is 0 Å². The van der Waals surface area contributed by atoms with Crippen molar-refractivity contribution in [3.05, 3.63) is 48.4 Å². The number of rotatable bonds is 4. The quantitative estimate of drug-likeness (QED) is 0.507. The molecular formula is C26H32N8O2. The number of carbonyl (C=O) groups excluding carboxylic acids is 2. The predicted octanol–water partition coefficient (Wildman–Crippen LogP) is 1.92. The third-order valence-corrected chi connectivity index (χ3v) is 6.95. The first kappa shape index (κ1) is 23.8. The summed E-state index contributed by atoms with van der Waals surface area (Å²) in [5, 5.41) is 3.79. The molecule has 2 fully saturated rings. The molecule has 10 heteroatoms. The van der Waals surface area contributed by atoms with Crippen LogP contribution in [0.4, 0.5) is 22.7 Å². The standard InChI is InChI=1S/C26H32N8O2/c1-16-9-18(27)14-34(13-16)23-5-6-29-12-22(23)31-26(36)25-20(28)10-17-3-4-19(11-21(17)30-25)33-8-7-32(2)24(35)15-33/h3-6,10-12,16,18H,7-9,13-15,27-28H2,1-2H3,(H,31,36)/t16-,18+/m1/s1. The number of pyridine rings is 2. The second-order valence-corrected chi connectivity index (χ2v) is 9.89. The van der Waals surface area contributed by atoms with E-state index in [2.05, 4.69) is 27.1 Å². The number of hydrogen-bond acceptors (Lipinski definition) is 8. The Balaban J connectivity index is 1.41. The van der Waals surface area contributed by atoms with E-state index >= 15 is 0 Å². The molecule has 0 unspecified atom stereocenters. The Bertz CT molecular complexity index is 1300. The molecule has 4 heterocycles. The van der Waals surface area contributed by atoms with Crippen molar-refractivity contribution in [2.24, 2.45) is 11.7 Å². The largest absolute Gasteiger partial charge is 0.397 e. The van der Waals surface area contributed by atoms with E-state index in [-0.39, 0.29) is 17.6 Å². The van der Waals surface area contributed by atoms with Crippen molar-refractivity contribution in [1.29, 1.82) is 0 Å². The van der Waals surface area contributed by atoms with E-state index in [1.165, 1.54) is 0 Å². The number of piperazine rings is 1. The molecule has 2 aromatic heterocycles. The molecule has 2 aliphatic heterocycles. The minimum Gasteiger partial charge on any atom is -0.397 e. The number of benzene rings is 1. The van der Waals surface area contributed by atoms with Gasteiger partial charge in [-0.1, -0.05) is 13.0 Å². The third kappa shape index (κ3) is 4.76. The monoisotopic (exact) mass is 488 g/mol. The van der Waals surface area contributed by atoms with Crippen LogP contribution in [0.1, 0.15) is 23.8 Å². The maximum absolute atomic E-state index is 13.3. The van der Waals surface area contributed by atoms with E-state index in [0.29, 0.717) is 42.4 Å². The molecule has 188 valence electrons. The summed E-state index contributed by atoms with van der Waals surface area (Å²) in [7, 11) is 1.81. The lowest BCUT2D eigenvalue weighted by molar-refractivity contribution is -0.129. The van der Waals surface area contributed by atoms with Crippen LogP contribution < -0.4 is 26.6 Å². The van der Waals surface area contributed by atoms with Gasteiger partial charge in [-0.05, 0) is 36.6 Å². The second kappa shape index (κ2) is 9.62. The molecule has 5 N–H and O–H groups in total. The third-order valence-electron chi connectivity index (χ3n) is 6.95. The van der Waals surface area contributed by atoms with E-state index in [1.807, 2.05) is 36.2 Å². The van der Waals surface area contributed by atoms with Crippen molar-refractivity contribution < 1.29 is 9.59 Å². The smallest absolute Gasteiger partial charge is 0.276 e. The van der Waals surface area contributed by atoms with Crippen molar-refractivity contribution in [2.45, 2.75) is 19.4 Å². The summed E-state index contributed by atoms with van der Waals surface area (Å²) in [4.78, 5) is 40.2. The number of carbonyl (C=O) groups is 2. The number of fused-ring (bicyclic) bond motifs is 1. The van der Waals surface area contributed by atoms with Crippen molar-refractivity contribution in [3.8, 4) is 0 Å². The van der Waals surface area contributed by atoms with Crippen LogP contribution in [0.3, 0.4) is 0 Å². The van der Waals surface area contributed by atoms with Crippen LogP contribution in [0.25, 0.3) is 10.9 Å².